The smallest absolute Gasteiger partial charge is 0.243 e. The number of anilines is 1. The Labute approximate surface area is 172 Å². The molecule has 8 heteroatoms. The van der Waals surface area contributed by atoms with E-state index >= 15 is 0 Å². The molecule has 5 nitrogen and oxygen atoms in total. The van der Waals surface area contributed by atoms with E-state index in [-0.39, 0.29) is 17.3 Å². The molecule has 1 saturated heterocycles. The zero-order valence-corrected chi connectivity index (χ0v) is 17.9. The number of nitrogens with zero attached hydrogens (tertiary/aromatic N) is 1. The van der Waals surface area contributed by atoms with Crippen molar-refractivity contribution in [3.05, 3.63) is 57.5 Å². The first-order valence-corrected chi connectivity index (χ1v) is 11.2. The monoisotopic (exact) mass is 470 g/mol. The van der Waals surface area contributed by atoms with Crippen LogP contribution in [0.2, 0.25) is 5.02 Å². The minimum atomic E-state index is -3.60. The number of piperidine rings is 1. The van der Waals surface area contributed by atoms with Gasteiger partial charge in [-0.1, -0.05) is 29.3 Å². The van der Waals surface area contributed by atoms with Crippen LogP contribution in [0.25, 0.3) is 0 Å². The fraction of sp³-hybridized carbons (Fsp3) is 0.316. The number of nitrogens with one attached hydrogen (secondary N) is 1. The normalized spacial score (nSPS) is 18.3. The van der Waals surface area contributed by atoms with E-state index < -0.39 is 15.9 Å². The summed E-state index contributed by atoms with van der Waals surface area (Å²) in [4.78, 5) is 12.9. The number of hydrogen-bond donors (Lipinski definition) is 1. The number of rotatable bonds is 4. The zero-order valence-electron chi connectivity index (χ0n) is 14.8. The van der Waals surface area contributed by atoms with Crippen LogP contribution in [-0.2, 0) is 14.8 Å². The fourth-order valence-electron chi connectivity index (χ4n) is 3.05. The van der Waals surface area contributed by atoms with Crippen LogP contribution in [0.3, 0.4) is 0 Å². The lowest BCUT2D eigenvalue weighted by Gasteiger charge is -2.31. The van der Waals surface area contributed by atoms with Crippen LogP contribution < -0.4 is 5.32 Å². The molecule has 27 heavy (non-hydrogen) atoms. The first-order valence-electron chi connectivity index (χ1n) is 8.60. The number of carbonyl (C=O) groups excluding carboxylic acids is 1. The van der Waals surface area contributed by atoms with Crippen molar-refractivity contribution in [2.75, 3.05) is 18.4 Å². The molecule has 0 bridgehead atoms. The van der Waals surface area contributed by atoms with Crippen LogP contribution in [0.15, 0.2) is 51.8 Å². The maximum absolute atomic E-state index is 12.9. The van der Waals surface area contributed by atoms with E-state index in [0.717, 1.165) is 10.0 Å². The van der Waals surface area contributed by atoms with Gasteiger partial charge in [-0.15, -0.1) is 0 Å². The molecule has 0 spiro atoms. The van der Waals surface area contributed by atoms with Crippen LogP contribution in [0, 0.1) is 12.8 Å². The molecule has 0 aliphatic carbocycles. The number of halogens is 2. The van der Waals surface area contributed by atoms with Crippen molar-refractivity contribution < 1.29 is 13.2 Å². The van der Waals surface area contributed by atoms with E-state index in [9.17, 15) is 13.2 Å². The average molecular weight is 472 g/mol. The van der Waals surface area contributed by atoms with Gasteiger partial charge < -0.3 is 5.32 Å². The third-order valence-electron chi connectivity index (χ3n) is 4.60. The number of hydrogen-bond acceptors (Lipinski definition) is 3. The second-order valence-corrected chi connectivity index (χ2v) is 9.83. The first-order chi connectivity index (χ1) is 12.8. The molecule has 144 valence electrons. The number of benzene rings is 2. The molecule has 0 unspecified atom stereocenters. The highest BCUT2D eigenvalue weighted by molar-refractivity contribution is 9.10. The van der Waals surface area contributed by atoms with Gasteiger partial charge in [-0.05, 0) is 66.0 Å². The van der Waals surface area contributed by atoms with E-state index in [1.54, 1.807) is 42.5 Å². The predicted octanol–water partition coefficient (Wildman–Crippen LogP) is 4.45. The van der Waals surface area contributed by atoms with Crippen molar-refractivity contribution >= 4 is 49.1 Å². The summed E-state index contributed by atoms with van der Waals surface area (Å²) >= 11 is 9.37. The van der Waals surface area contributed by atoms with Crippen molar-refractivity contribution in [3.63, 3.8) is 0 Å². The lowest BCUT2D eigenvalue weighted by atomic mass is 9.99. The second-order valence-electron chi connectivity index (χ2n) is 6.63. The molecule has 1 fully saturated rings. The predicted molar refractivity (Wildman–Crippen MR) is 110 cm³/mol. The standard InChI is InChI=1S/C19H20BrClN2O3S/c1-13-4-7-16(8-5-13)27(25,26)23-10-2-3-14(12-23)19(24)22-15-6-9-17(20)18(21)11-15/h4-9,11,14H,2-3,10,12H2,1H3,(H,22,24)/t14-/m1/s1. The highest BCUT2D eigenvalue weighted by Crippen LogP contribution is 2.28. The van der Waals surface area contributed by atoms with Gasteiger partial charge in [0.05, 0.1) is 15.8 Å². The Hall–Kier alpha value is -1.41. The highest BCUT2D eigenvalue weighted by Gasteiger charge is 2.33. The van der Waals surface area contributed by atoms with Crippen LogP contribution in [0.5, 0.6) is 0 Å². The molecular weight excluding hydrogens is 452 g/mol. The Morgan fingerprint density at radius 3 is 2.59 bits per heavy atom. The molecule has 0 radical (unpaired) electrons. The molecule has 1 amide bonds. The molecular formula is C19H20BrClN2O3S. The minimum Gasteiger partial charge on any atom is -0.326 e. The lowest BCUT2D eigenvalue weighted by molar-refractivity contribution is -0.120. The Kier molecular flexibility index (Phi) is 6.25. The summed E-state index contributed by atoms with van der Waals surface area (Å²) in [5, 5.41) is 3.33. The SMILES string of the molecule is Cc1ccc(S(=O)(=O)N2CCC[C@@H](C(=O)Nc3ccc(Br)c(Cl)c3)C2)cc1. The molecule has 0 aromatic heterocycles. The largest absolute Gasteiger partial charge is 0.326 e. The summed E-state index contributed by atoms with van der Waals surface area (Å²) in [7, 11) is -3.60. The van der Waals surface area contributed by atoms with Gasteiger partial charge in [-0.2, -0.15) is 4.31 Å². The van der Waals surface area contributed by atoms with Gasteiger partial charge in [-0.25, -0.2) is 8.42 Å². The summed E-state index contributed by atoms with van der Waals surface area (Å²) in [5.74, 6) is -0.599. The number of aryl methyl sites for hydroxylation is 1. The lowest BCUT2D eigenvalue weighted by Crippen LogP contribution is -2.43. The third kappa shape index (κ3) is 4.71. The maximum atomic E-state index is 12.9. The van der Waals surface area contributed by atoms with Gasteiger partial charge in [0.15, 0.2) is 0 Å². The van der Waals surface area contributed by atoms with Crippen molar-refractivity contribution in [1.29, 1.82) is 0 Å². The third-order valence-corrected chi connectivity index (χ3v) is 7.71. The molecule has 2 aromatic carbocycles. The first kappa shape index (κ1) is 20.3. The van der Waals surface area contributed by atoms with Gasteiger partial charge in [0.25, 0.3) is 0 Å². The van der Waals surface area contributed by atoms with Crippen LogP contribution in [0.4, 0.5) is 5.69 Å². The van der Waals surface area contributed by atoms with E-state index in [1.165, 1.54) is 4.31 Å². The van der Waals surface area contributed by atoms with E-state index in [4.69, 9.17) is 11.6 Å². The summed E-state index contributed by atoms with van der Waals surface area (Å²) in [6.45, 7) is 2.50. The second kappa shape index (κ2) is 8.31. The molecule has 0 saturated carbocycles. The topological polar surface area (TPSA) is 66.5 Å². The van der Waals surface area contributed by atoms with E-state index in [2.05, 4.69) is 21.2 Å². The van der Waals surface area contributed by atoms with Crippen molar-refractivity contribution in [2.24, 2.45) is 5.92 Å². The Morgan fingerprint density at radius 1 is 1.22 bits per heavy atom. The number of carbonyl (C=O) groups is 1. The Morgan fingerprint density at radius 2 is 1.93 bits per heavy atom. The molecule has 1 N–H and O–H groups in total. The van der Waals surface area contributed by atoms with Crippen LogP contribution in [0.1, 0.15) is 18.4 Å². The molecule has 1 aliphatic rings. The Balaban J connectivity index is 1.72. The van der Waals surface area contributed by atoms with Gasteiger partial charge in [0, 0.05) is 23.2 Å². The maximum Gasteiger partial charge on any atom is 0.243 e. The van der Waals surface area contributed by atoms with Gasteiger partial charge in [0.1, 0.15) is 0 Å². The molecule has 2 aromatic rings. The summed E-state index contributed by atoms with van der Waals surface area (Å²) < 4.78 is 27.9. The fourth-order valence-corrected chi connectivity index (χ4v) is 5.00. The van der Waals surface area contributed by atoms with Crippen molar-refractivity contribution in [1.82, 2.24) is 4.31 Å². The quantitative estimate of drug-likeness (QED) is 0.716. The minimum absolute atomic E-state index is 0.173. The van der Waals surface area contributed by atoms with Crippen LogP contribution in [-0.4, -0.2) is 31.7 Å². The summed E-state index contributed by atoms with van der Waals surface area (Å²) in [5.41, 5.74) is 1.59. The summed E-state index contributed by atoms with van der Waals surface area (Å²) in [6.07, 6.45) is 1.29. The van der Waals surface area contributed by atoms with Crippen molar-refractivity contribution in [3.8, 4) is 0 Å². The molecule has 1 atom stereocenters. The van der Waals surface area contributed by atoms with Gasteiger partial charge in [-0.3, -0.25) is 4.79 Å². The van der Waals surface area contributed by atoms with Gasteiger partial charge >= 0.3 is 0 Å². The summed E-state index contributed by atoms with van der Waals surface area (Å²) in [6, 6.07) is 11.9. The van der Waals surface area contributed by atoms with E-state index in [1.807, 2.05) is 6.92 Å². The molecule has 1 aliphatic heterocycles. The number of sulfonamides is 1. The zero-order chi connectivity index (χ0) is 19.6. The van der Waals surface area contributed by atoms with Crippen molar-refractivity contribution in [2.45, 2.75) is 24.7 Å². The Bertz CT molecular complexity index is 948. The molecule has 1 heterocycles. The number of amides is 1. The highest BCUT2D eigenvalue weighted by atomic mass is 79.9. The molecule has 3 rings (SSSR count). The average Bonchev–Trinajstić information content (AvgIpc) is 2.65. The van der Waals surface area contributed by atoms with Crippen LogP contribution >= 0.6 is 27.5 Å². The van der Waals surface area contributed by atoms with Gasteiger partial charge in [0.2, 0.25) is 15.9 Å². The van der Waals surface area contributed by atoms with E-state index in [0.29, 0.717) is 30.1 Å².